The molecule has 27 heavy (non-hydrogen) atoms. The molecule has 0 radical (unpaired) electrons. The van der Waals surface area contributed by atoms with E-state index in [2.05, 4.69) is 6.07 Å². The molecule has 5 heteroatoms. The van der Waals surface area contributed by atoms with Crippen LogP contribution in [0.4, 0.5) is 5.69 Å². The first-order valence-electron chi connectivity index (χ1n) is 8.93. The Labute approximate surface area is 158 Å². The molecular weight excluding hydrogens is 342 g/mol. The number of nitrogens with zero attached hydrogens (tertiary/aromatic N) is 1. The maximum Gasteiger partial charge on any atom is 0.294 e. The molecule has 0 aliphatic carbocycles. The van der Waals surface area contributed by atoms with E-state index in [0.717, 1.165) is 12.1 Å². The average molecular weight is 363 g/mol. The lowest BCUT2D eigenvalue weighted by molar-refractivity contribution is 0.0950. The Kier molecular flexibility index (Phi) is 4.59. The first-order valence-corrected chi connectivity index (χ1v) is 8.93. The highest BCUT2D eigenvalue weighted by atomic mass is 16.5. The van der Waals surface area contributed by atoms with Gasteiger partial charge in [0.05, 0.1) is 7.11 Å². The second-order valence-electron chi connectivity index (χ2n) is 6.56. The molecule has 0 bridgehead atoms. The predicted molar refractivity (Wildman–Crippen MR) is 102 cm³/mol. The van der Waals surface area contributed by atoms with E-state index in [9.17, 15) is 4.79 Å². The number of hydrogen-bond donors (Lipinski definition) is 0. The third kappa shape index (κ3) is 3.28. The minimum absolute atomic E-state index is 0.105. The number of carbonyl (C=O) groups excluding carboxylic acids is 1. The number of hydrogen-bond acceptors (Lipinski definition) is 4. The van der Waals surface area contributed by atoms with Crippen molar-refractivity contribution in [1.82, 2.24) is 0 Å². The van der Waals surface area contributed by atoms with Crippen LogP contribution in [-0.4, -0.2) is 19.1 Å². The van der Waals surface area contributed by atoms with Crippen molar-refractivity contribution in [2.24, 2.45) is 0 Å². The first kappa shape index (κ1) is 17.2. The van der Waals surface area contributed by atoms with Gasteiger partial charge in [0.15, 0.2) is 17.3 Å². The van der Waals surface area contributed by atoms with E-state index in [1.165, 1.54) is 5.56 Å². The lowest BCUT2D eigenvalue weighted by atomic mass is 10.1. The zero-order chi connectivity index (χ0) is 18.8. The highest BCUT2D eigenvalue weighted by Crippen LogP contribution is 2.33. The number of carbonyl (C=O) groups is 1. The number of amides is 1. The summed E-state index contributed by atoms with van der Waals surface area (Å²) in [5.41, 5.74) is 2.14. The van der Waals surface area contributed by atoms with Crippen LogP contribution in [-0.2, 0) is 13.0 Å². The third-order valence-corrected chi connectivity index (χ3v) is 4.74. The number of benzene rings is 2. The third-order valence-electron chi connectivity index (χ3n) is 4.74. The van der Waals surface area contributed by atoms with Gasteiger partial charge in [0.2, 0.25) is 0 Å². The molecule has 3 aromatic rings. The van der Waals surface area contributed by atoms with Gasteiger partial charge in [0.25, 0.3) is 5.91 Å². The van der Waals surface area contributed by atoms with Crippen molar-refractivity contribution in [2.45, 2.75) is 26.0 Å². The summed E-state index contributed by atoms with van der Waals surface area (Å²) in [4.78, 5) is 14.8. The summed E-state index contributed by atoms with van der Waals surface area (Å²) in [5.74, 6) is 2.06. The van der Waals surface area contributed by atoms with Gasteiger partial charge in [-0.1, -0.05) is 30.3 Å². The van der Waals surface area contributed by atoms with E-state index in [1.54, 1.807) is 24.1 Å². The Balaban J connectivity index is 1.49. The summed E-state index contributed by atoms with van der Waals surface area (Å²) in [6, 6.07) is 19.0. The summed E-state index contributed by atoms with van der Waals surface area (Å²) >= 11 is 0. The molecule has 0 saturated carbocycles. The molecule has 4 rings (SSSR count). The van der Waals surface area contributed by atoms with Crippen molar-refractivity contribution in [3.63, 3.8) is 0 Å². The van der Waals surface area contributed by atoms with Crippen LogP contribution in [0.5, 0.6) is 11.5 Å². The standard InChI is InChI=1S/C22H21NO4/c1-15-13-16-7-3-4-8-18(16)23(15)22(24)21-12-11-17(27-21)14-26-20-10-6-5-9-19(20)25-2/h3-12,15H,13-14H2,1-2H3. The van der Waals surface area contributed by atoms with E-state index in [4.69, 9.17) is 13.9 Å². The number of para-hydroxylation sites is 3. The molecule has 2 aromatic carbocycles. The molecule has 0 saturated heterocycles. The molecule has 2 heterocycles. The van der Waals surface area contributed by atoms with Crippen molar-refractivity contribution in [3.05, 3.63) is 77.7 Å². The second kappa shape index (κ2) is 7.19. The number of anilines is 1. The van der Waals surface area contributed by atoms with Crippen LogP contribution in [0.15, 0.2) is 65.1 Å². The van der Waals surface area contributed by atoms with Crippen molar-refractivity contribution in [1.29, 1.82) is 0 Å². The molecule has 5 nitrogen and oxygen atoms in total. The zero-order valence-corrected chi connectivity index (χ0v) is 15.3. The van der Waals surface area contributed by atoms with Gasteiger partial charge < -0.3 is 18.8 Å². The molecule has 1 aromatic heterocycles. The van der Waals surface area contributed by atoms with Gasteiger partial charge in [-0.2, -0.15) is 0 Å². The Bertz CT molecular complexity index is 962. The number of methoxy groups -OCH3 is 1. The Hall–Kier alpha value is -3.21. The van der Waals surface area contributed by atoms with Gasteiger partial charge in [0.1, 0.15) is 12.4 Å². The fourth-order valence-electron chi connectivity index (χ4n) is 3.45. The molecule has 1 aliphatic heterocycles. The number of rotatable bonds is 5. The van der Waals surface area contributed by atoms with Gasteiger partial charge in [-0.3, -0.25) is 4.79 Å². The zero-order valence-electron chi connectivity index (χ0n) is 15.3. The highest BCUT2D eigenvalue weighted by Gasteiger charge is 2.32. The van der Waals surface area contributed by atoms with Gasteiger partial charge >= 0.3 is 0 Å². The van der Waals surface area contributed by atoms with Gasteiger partial charge in [-0.15, -0.1) is 0 Å². The molecule has 138 valence electrons. The second-order valence-corrected chi connectivity index (χ2v) is 6.56. The van der Waals surface area contributed by atoms with Gasteiger partial charge in [0, 0.05) is 11.7 Å². The highest BCUT2D eigenvalue weighted by molar-refractivity contribution is 6.06. The lowest BCUT2D eigenvalue weighted by Gasteiger charge is -2.21. The summed E-state index contributed by atoms with van der Waals surface area (Å²) in [7, 11) is 1.60. The molecule has 0 N–H and O–H groups in total. The van der Waals surface area contributed by atoms with E-state index in [1.807, 2.05) is 49.4 Å². The van der Waals surface area contributed by atoms with E-state index in [-0.39, 0.29) is 18.6 Å². The van der Waals surface area contributed by atoms with Crippen LogP contribution in [0.3, 0.4) is 0 Å². The van der Waals surface area contributed by atoms with Crippen molar-refractivity contribution in [2.75, 3.05) is 12.0 Å². The molecular formula is C22H21NO4. The lowest BCUT2D eigenvalue weighted by Crippen LogP contribution is -2.35. The largest absolute Gasteiger partial charge is 0.493 e. The molecule has 1 aliphatic rings. The van der Waals surface area contributed by atoms with Crippen LogP contribution in [0.2, 0.25) is 0 Å². The topological polar surface area (TPSA) is 51.9 Å². The minimum Gasteiger partial charge on any atom is -0.493 e. The molecule has 1 amide bonds. The molecule has 0 fully saturated rings. The van der Waals surface area contributed by atoms with Gasteiger partial charge in [-0.25, -0.2) is 0 Å². The predicted octanol–water partition coefficient (Wildman–Crippen LogP) is 4.46. The monoisotopic (exact) mass is 363 g/mol. The van der Waals surface area contributed by atoms with Crippen molar-refractivity contribution in [3.8, 4) is 11.5 Å². The first-order chi connectivity index (χ1) is 13.2. The van der Waals surface area contributed by atoms with Crippen LogP contribution >= 0.6 is 0 Å². The van der Waals surface area contributed by atoms with Crippen LogP contribution in [0.25, 0.3) is 0 Å². The summed E-state index contributed by atoms with van der Waals surface area (Å²) < 4.78 is 16.8. The molecule has 0 spiro atoms. The van der Waals surface area contributed by atoms with Crippen molar-refractivity contribution < 1.29 is 18.7 Å². The Morgan fingerprint density at radius 3 is 2.63 bits per heavy atom. The van der Waals surface area contributed by atoms with Gasteiger partial charge in [-0.05, 0) is 49.2 Å². The normalized spacial score (nSPS) is 15.5. The van der Waals surface area contributed by atoms with E-state index in [0.29, 0.717) is 23.0 Å². The van der Waals surface area contributed by atoms with Crippen molar-refractivity contribution >= 4 is 11.6 Å². The average Bonchev–Trinajstić information content (AvgIpc) is 3.29. The van der Waals surface area contributed by atoms with Crippen LogP contribution < -0.4 is 14.4 Å². The van der Waals surface area contributed by atoms with Crippen LogP contribution in [0.1, 0.15) is 28.8 Å². The number of fused-ring (bicyclic) bond motifs is 1. The SMILES string of the molecule is COc1ccccc1OCc1ccc(C(=O)N2c3ccccc3CC2C)o1. The Morgan fingerprint density at radius 1 is 1.07 bits per heavy atom. The fourth-order valence-corrected chi connectivity index (χ4v) is 3.45. The van der Waals surface area contributed by atoms with E-state index < -0.39 is 0 Å². The maximum absolute atomic E-state index is 13.0. The summed E-state index contributed by atoms with van der Waals surface area (Å²) in [6.45, 7) is 2.27. The smallest absolute Gasteiger partial charge is 0.294 e. The van der Waals surface area contributed by atoms with Crippen LogP contribution in [0, 0.1) is 0 Å². The number of ether oxygens (including phenoxy) is 2. The summed E-state index contributed by atoms with van der Waals surface area (Å²) in [6.07, 6.45) is 0.854. The fraction of sp³-hybridized carbons (Fsp3) is 0.227. The number of furan rings is 1. The molecule has 1 unspecified atom stereocenters. The Morgan fingerprint density at radius 2 is 1.81 bits per heavy atom. The minimum atomic E-state index is -0.129. The summed E-state index contributed by atoms with van der Waals surface area (Å²) in [5, 5.41) is 0. The molecule has 1 atom stereocenters. The maximum atomic E-state index is 13.0. The van der Waals surface area contributed by atoms with E-state index >= 15 is 0 Å². The quantitative estimate of drug-likeness (QED) is 0.672.